The van der Waals surface area contributed by atoms with Crippen LogP contribution in [-0.2, 0) is 9.59 Å². The lowest BCUT2D eigenvalue weighted by molar-refractivity contribution is -0.124. The molecule has 9 heteroatoms. The molecule has 4 N–H and O–H groups in total. The third-order valence-corrected chi connectivity index (χ3v) is 6.86. The van der Waals surface area contributed by atoms with Crippen LogP contribution in [-0.4, -0.2) is 47.9 Å². The second-order valence-electron chi connectivity index (χ2n) is 9.42. The van der Waals surface area contributed by atoms with Gasteiger partial charge in [-0.05, 0) is 49.3 Å². The number of nitriles is 1. The Kier molecular flexibility index (Phi) is 6.77. The monoisotopic (exact) mass is 465 g/mol. The molecule has 3 atom stereocenters. The van der Waals surface area contributed by atoms with Gasteiger partial charge < -0.3 is 25.7 Å². The molecule has 9 nitrogen and oxygen atoms in total. The van der Waals surface area contributed by atoms with Gasteiger partial charge in [0.1, 0.15) is 23.0 Å². The Morgan fingerprint density at radius 1 is 1.32 bits per heavy atom. The molecule has 34 heavy (non-hydrogen) atoms. The molecule has 1 saturated heterocycles. The van der Waals surface area contributed by atoms with E-state index in [1.165, 1.54) is 0 Å². The van der Waals surface area contributed by atoms with Crippen LogP contribution in [0.3, 0.4) is 0 Å². The highest BCUT2D eigenvalue weighted by molar-refractivity contribution is 6.01. The third-order valence-electron chi connectivity index (χ3n) is 6.86. The predicted octanol–water partition coefficient (Wildman–Crippen LogP) is 2.39. The number of aromatic amines is 1. The molecule has 0 spiro atoms. The number of methoxy groups -OCH3 is 1. The summed E-state index contributed by atoms with van der Waals surface area (Å²) in [6.07, 6.45) is 3.72. The Hall–Kier alpha value is -3.54. The number of benzene rings is 1. The van der Waals surface area contributed by atoms with E-state index in [9.17, 15) is 19.6 Å². The fourth-order valence-electron chi connectivity index (χ4n) is 4.64. The molecular weight excluding hydrogens is 434 g/mol. The van der Waals surface area contributed by atoms with Crippen molar-refractivity contribution >= 4 is 28.6 Å². The van der Waals surface area contributed by atoms with Crippen LogP contribution in [0.2, 0.25) is 0 Å². The zero-order valence-electron chi connectivity index (χ0n) is 19.6. The maximum Gasteiger partial charge on any atom is 0.268 e. The number of hydrogen-bond donors (Lipinski definition) is 4. The smallest absolute Gasteiger partial charge is 0.268 e. The highest BCUT2D eigenvalue weighted by Gasteiger charge is 2.39. The Morgan fingerprint density at radius 2 is 2.12 bits per heavy atom. The van der Waals surface area contributed by atoms with Crippen LogP contribution in [0.1, 0.15) is 55.9 Å². The molecule has 2 aliphatic rings. The van der Waals surface area contributed by atoms with Crippen molar-refractivity contribution in [1.29, 1.82) is 5.26 Å². The van der Waals surface area contributed by atoms with Gasteiger partial charge in [-0.2, -0.15) is 5.26 Å². The van der Waals surface area contributed by atoms with Crippen molar-refractivity contribution in [3.05, 3.63) is 30.0 Å². The predicted molar refractivity (Wildman–Crippen MR) is 126 cm³/mol. The maximum absolute atomic E-state index is 13.3. The Balaban J connectivity index is 1.49. The van der Waals surface area contributed by atoms with E-state index >= 15 is 0 Å². The molecular formula is C25H31N5O4. The summed E-state index contributed by atoms with van der Waals surface area (Å²) >= 11 is 0. The molecule has 180 valence electrons. The second-order valence-corrected chi connectivity index (χ2v) is 9.42. The van der Waals surface area contributed by atoms with Crippen molar-refractivity contribution < 1.29 is 19.1 Å². The van der Waals surface area contributed by atoms with Crippen molar-refractivity contribution in [3.63, 3.8) is 0 Å². The van der Waals surface area contributed by atoms with Crippen LogP contribution in [0, 0.1) is 23.2 Å². The topological polar surface area (TPSA) is 136 Å². The van der Waals surface area contributed by atoms with Gasteiger partial charge in [-0.25, -0.2) is 0 Å². The number of fused-ring (bicyclic) bond motifs is 1. The van der Waals surface area contributed by atoms with Crippen LogP contribution in [0.5, 0.6) is 5.75 Å². The van der Waals surface area contributed by atoms with Gasteiger partial charge in [-0.15, -0.1) is 0 Å². The van der Waals surface area contributed by atoms with E-state index in [0.717, 1.165) is 23.7 Å². The standard InChI is InChI=1S/C25H31N5O4/c1-3-25(14-26,12-16-10-22(31)27-13-16)30-24(33)19(9-15-7-8-15)29-23(32)20-11-17-18(28-20)5-4-6-21(17)34-2/h4-6,11,15-16,19,28H,3,7-10,12-13H2,1-2H3,(H,27,31)(H,29,32)(H,30,33)/t16-,19-,25?/m0/s1. The molecule has 2 heterocycles. The average molecular weight is 466 g/mol. The molecule has 3 amide bonds. The number of carbonyl (C=O) groups is 3. The van der Waals surface area contributed by atoms with Gasteiger partial charge >= 0.3 is 0 Å². The highest BCUT2D eigenvalue weighted by Crippen LogP contribution is 2.34. The van der Waals surface area contributed by atoms with Crippen molar-refractivity contribution in [2.45, 2.75) is 57.0 Å². The van der Waals surface area contributed by atoms with Crippen molar-refractivity contribution in [2.75, 3.05) is 13.7 Å². The SMILES string of the molecule is CCC(C#N)(C[C@H]1CNC(=O)C1)NC(=O)[C@H](CC1CC1)NC(=O)c1cc2c(OC)cccc2[nH]1. The second kappa shape index (κ2) is 9.75. The van der Waals surface area contributed by atoms with Gasteiger partial charge in [0.15, 0.2) is 0 Å². The molecule has 2 fully saturated rings. The van der Waals surface area contributed by atoms with E-state index in [4.69, 9.17) is 4.74 Å². The maximum atomic E-state index is 13.3. The van der Waals surface area contributed by atoms with E-state index in [-0.39, 0.29) is 23.6 Å². The Bertz CT molecular complexity index is 1130. The van der Waals surface area contributed by atoms with Gasteiger partial charge in [0.05, 0.1) is 13.2 Å². The molecule has 1 aliphatic heterocycles. The quantitative estimate of drug-likeness (QED) is 0.427. The summed E-state index contributed by atoms with van der Waals surface area (Å²) in [7, 11) is 1.57. The fourth-order valence-corrected chi connectivity index (χ4v) is 4.64. The number of H-pyrrole nitrogens is 1. The number of hydrogen-bond acceptors (Lipinski definition) is 5. The highest BCUT2D eigenvalue weighted by atomic mass is 16.5. The van der Waals surface area contributed by atoms with Gasteiger partial charge in [0.25, 0.3) is 5.91 Å². The first-order valence-electron chi connectivity index (χ1n) is 11.8. The number of aromatic nitrogens is 1. The minimum atomic E-state index is -1.09. The fraction of sp³-hybridized carbons (Fsp3) is 0.520. The van der Waals surface area contributed by atoms with E-state index in [0.29, 0.717) is 49.6 Å². The molecule has 0 bridgehead atoms. The third kappa shape index (κ3) is 5.16. The normalized spacial score (nSPS) is 20.1. The minimum absolute atomic E-state index is 0.00907. The first-order chi connectivity index (χ1) is 16.4. The Morgan fingerprint density at radius 3 is 2.74 bits per heavy atom. The summed E-state index contributed by atoms with van der Waals surface area (Å²) in [5, 5.41) is 19.3. The lowest BCUT2D eigenvalue weighted by Crippen LogP contribution is -2.55. The summed E-state index contributed by atoms with van der Waals surface area (Å²) in [5.41, 5.74) is 0.0160. The zero-order valence-corrected chi connectivity index (χ0v) is 19.6. The molecule has 2 aromatic rings. The molecule has 1 aromatic heterocycles. The number of amides is 3. The number of nitrogens with zero attached hydrogens (tertiary/aromatic N) is 1. The largest absolute Gasteiger partial charge is 0.496 e. The van der Waals surface area contributed by atoms with E-state index in [2.05, 4.69) is 27.0 Å². The van der Waals surface area contributed by atoms with Crippen molar-refractivity contribution in [1.82, 2.24) is 20.9 Å². The van der Waals surface area contributed by atoms with Crippen molar-refractivity contribution in [3.8, 4) is 11.8 Å². The summed E-state index contributed by atoms with van der Waals surface area (Å²) in [4.78, 5) is 41.1. The lowest BCUT2D eigenvalue weighted by Gasteiger charge is -2.31. The number of nitrogens with one attached hydrogen (secondary N) is 4. The molecule has 1 aromatic carbocycles. The van der Waals surface area contributed by atoms with Gasteiger partial charge in [0.2, 0.25) is 11.8 Å². The van der Waals surface area contributed by atoms with Gasteiger partial charge in [-0.1, -0.05) is 25.8 Å². The Labute approximate surface area is 198 Å². The molecule has 1 aliphatic carbocycles. The van der Waals surface area contributed by atoms with E-state index < -0.39 is 11.6 Å². The van der Waals surface area contributed by atoms with Gasteiger partial charge in [0, 0.05) is 23.9 Å². The number of carbonyl (C=O) groups excluding carboxylic acids is 3. The molecule has 1 unspecified atom stereocenters. The lowest BCUT2D eigenvalue weighted by atomic mass is 9.85. The van der Waals surface area contributed by atoms with Crippen LogP contribution in [0.25, 0.3) is 10.9 Å². The minimum Gasteiger partial charge on any atom is -0.496 e. The number of rotatable bonds is 10. The van der Waals surface area contributed by atoms with E-state index in [1.54, 1.807) is 13.2 Å². The van der Waals surface area contributed by atoms with Crippen LogP contribution in [0.4, 0.5) is 0 Å². The first kappa shape index (κ1) is 23.6. The zero-order chi connectivity index (χ0) is 24.3. The summed E-state index contributed by atoms with van der Waals surface area (Å²) in [5.74, 6) is 0.243. The summed E-state index contributed by atoms with van der Waals surface area (Å²) < 4.78 is 5.37. The first-order valence-corrected chi connectivity index (χ1v) is 11.8. The van der Waals surface area contributed by atoms with Crippen LogP contribution >= 0.6 is 0 Å². The van der Waals surface area contributed by atoms with Crippen LogP contribution < -0.4 is 20.7 Å². The van der Waals surface area contributed by atoms with Crippen molar-refractivity contribution in [2.24, 2.45) is 11.8 Å². The molecule has 1 saturated carbocycles. The molecule has 4 rings (SSSR count). The van der Waals surface area contributed by atoms with Gasteiger partial charge in [-0.3, -0.25) is 14.4 Å². The van der Waals surface area contributed by atoms with Crippen LogP contribution in [0.15, 0.2) is 24.3 Å². The number of ether oxygens (including phenoxy) is 1. The molecule has 0 radical (unpaired) electrons. The summed E-state index contributed by atoms with van der Waals surface area (Å²) in [6.45, 7) is 2.35. The summed E-state index contributed by atoms with van der Waals surface area (Å²) in [6, 6.07) is 8.74. The average Bonchev–Trinajstić information content (AvgIpc) is 3.39. The van der Waals surface area contributed by atoms with E-state index in [1.807, 2.05) is 25.1 Å².